The van der Waals surface area contributed by atoms with E-state index in [2.05, 4.69) is 62.2 Å². The largest absolute Gasteiger partial charge is 0.310 e. The van der Waals surface area contributed by atoms with Crippen molar-refractivity contribution in [3.8, 4) is 0 Å². The van der Waals surface area contributed by atoms with Crippen LogP contribution in [0.3, 0.4) is 0 Å². The van der Waals surface area contributed by atoms with Crippen LogP contribution in [0.5, 0.6) is 0 Å². The summed E-state index contributed by atoms with van der Waals surface area (Å²) in [5, 5.41) is 3.64. The summed E-state index contributed by atoms with van der Waals surface area (Å²) >= 11 is 0. The lowest BCUT2D eigenvalue weighted by molar-refractivity contribution is 0.317. The standard InChI is InChI=1S/C17H28N2/c1-13(2)16-7-5-15(6-8-16)11-19-10-9-17(12-19)18-14(3)4/h5-8,13-14,17-18H,9-12H2,1-4H3. The number of hydrogen-bond donors (Lipinski definition) is 1. The highest BCUT2D eigenvalue weighted by Crippen LogP contribution is 2.17. The summed E-state index contributed by atoms with van der Waals surface area (Å²) in [6.07, 6.45) is 1.28. The molecule has 1 aromatic rings. The van der Waals surface area contributed by atoms with Gasteiger partial charge in [0.15, 0.2) is 0 Å². The van der Waals surface area contributed by atoms with Crippen molar-refractivity contribution in [3.05, 3.63) is 35.4 Å². The molecule has 0 spiro atoms. The molecular weight excluding hydrogens is 232 g/mol. The second-order valence-corrected chi connectivity index (χ2v) is 6.44. The highest BCUT2D eigenvalue weighted by Gasteiger charge is 2.22. The molecule has 0 radical (unpaired) electrons. The third-order valence-electron chi connectivity index (χ3n) is 3.89. The Morgan fingerprint density at radius 2 is 1.84 bits per heavy atom. The van der Waals surface area contributed by atoms with E-state index >= 15 is 0 Å². The number of likely N-dealkylation sites (tertiary alicyclic amines) is 1. The lowest BCUT2D eigenvalue weighted by Gasteiger charge is -2.18. The van der Waals surface area contributed by atoms with E-state index < -0.39 is 0 Å². The molecule has 106 valence electrons. The fourth-order valence-electron chi connectivity index (χ4n) is 2.85. The van der Waals surface area contributed by atoms with E-state index in [0.29, 0.717) is 18.0 Å². The Bertz CT molecular complexity index is 381. The van der Waals surface area contributed by atoms with E-state index in [1.165, 1.54) is 30.6 Å². The van der Waals surface area contributed by atoms with Gasteiger partial charge in [0.05, 0.1) is 0 Å². The Labute approximate surface area is 118 Å². The molecular formula is C17H28N2. The zero-order valence-corrected chi connectivity index (χ0v) is 12.8. The molecule has 2 heteroatoms. The maximum Gasteiger partial charge on any atom is 0.0234 e. The van der Waals surface area contributed by atoms with Crippen LogP contribution < -0.4 is 5.32 Å². The fourth-order valence-corrected chi connectivity index (χ4v) is 2.85. The van der Waals surface area contributed by atoms with Crippen LogP contribution in [0.15, 0.2) is 24.3 Å². The van der Waals surface area contributed by atoms with Gasteiger partial charge in [0.2, 0.25) is 0 Å². The van der Waals surface area contributed by atoms with Crippen LogP contribution in [-0.4, -0.2) is 30.1 Å². The first-order valence-electron chi connectivity index (χ1n) is 7.62. The molecule has 1 unspecified atom stereocenters. The lowest BCUT2D eigenvalue weighted by atomic mass is 10.0. The predicted molar refractivity (Wildman–Crippen MR) is 82.5 cm³/mol. The van der Waals surface area contributed by atoms with Crippen molar-refractivity contribution in [2.24, 2.45) is 0 Å². The van der Waals surface area contributed by atoms with Gasteiger partial charge >= 0.3 is 0 Å². The average Bonchev–Trinajstić information content (AvgIpc) is 2.76. The van der Waals surface area contributed by atoms with Gasteiger partial charge in [0.1, 0.15) is 0 Å². The molecule has 0 bridgehead atoms. The first kappa shape index (κ1) is 14.5. The Balaban J connectivity index is 1.85. The minimum atomic E-state index is 0.593. The van der Waals surface area contributed by atoms with E-state index in [4.69, 9.17) is 0 Å². The van der Waals surface area contributed by atoms with Crippen molar-refractivity contribution in [3.63, 3.8) is 0 Å². The van der Waals surface area contributed by atoms with Crippen molar-refractivity contribution in [1.29, 1.82) is 0 Å². The zero-order valence-electron chi connectivity index (χ0n) is 12.8. The van der Waals surface area contributed by atoms with Crippen molar-refractivity contribution in [2.75, 3.05) is 13.1 Å². The molecule has 1 heterocycles. The molecule has 1 fully saturated rings. The smallest absolute Gasteiger partial charge is 0.0234 e. The quantitative estimate of drug-likeness (QED) is 0.873. The number of nitrogens with one attached hydrogen (secondary N) is 1. The Morgan fingerprint density at radius 1 is 1.16 bits per heavy atom. The SMILES string of the molecule is CC(C)NC1CCN(Cc2ccc(C(C)C)cc2)C1. The van der Waals surface area contributed by atoms with Crippen molar-refractivity contribution >= 4 is 0 Å². The van der Waals surface area contributed by atoms with Crippen LogP contribution in [0.4, 0.5) is 0 Å². The normalized spacial score (nSPS) is 20.6. The van der Waals surface area contributed by atoms with Crippen LogP contribution in [0.25, 0.3) is 0 Å². The lowest BCUT2D eigenvalue weighted by Crippen LogP contribution is -2.36. The first-order valence-corrected chi connectivity index (χ1v) is 7.62. The third-order valence-corrected chi connectivity index (χ3v) is 3.89. The summed E-state index contributed by atoms with van der Waals surface area (Å²) in [4.78, 5) is 2.56. The summed E-state index contributed by atoms with van der Waals surface area (Å²) in [5.74, 6) is 0.625. The summed E-state index contributed by atoms with van der Waals surface area (Å²) in [5.41, 5.74) is 2.87. The van der Waals surface area contributed by atoms with Gasteiger partial charge in [-0.3, -0.25) is 4.90 Å². The molecule has 2 rings (SSSR count). The minimum absolute atomic E-state index is 0.593. The molecule has 0 amide bonds. The molecule has 0 aromatic heterocycles. The number of nitrogens with zero attached hydrogens (tertiary/aromatic N) is 1. The van der Waals surface area contributed by atoms with Crippen molar-refractivity contribution in [2.45, 2.75) is 58.7 Å². The van der Waals surface area contributed by atoms with Crippen molar-refractivity contribution in [1.82, 2.24) is 10.2 Å². The summed E-state index contributed by atoms with van der Waals surface area (Å²) in [7, 11) is 0. The number of rotatable bonds is 5. The van der Waals surface area contributed by atoms with Gasteiger partial charge in [-0.2, -0.15) is 0 Å². The number of benzene rings is 1. The maximum absolute atomic E-state index is 3.64. The van der Waals surface area contributed by atoms with Gasteiger partial charge in [-0.1, -0.05) is 52.0 Å². The first-order chi connectivity index (χ1) is 9.04. The maximum atomic E-state index is 3.64. The van der Waals surface area contributed by atoms with Gasteiger partial charge in [-0.25, -0.2) is 0 Å². The van der Waals surface area contributed by atoms with Crippen molar-refractivity contribution < 1.29 is 0 Å². The molecule has 1 N–H and O–H groups in total. The van der Waals surface area contributed by atoms with E-state index in [0.717, 1.165) is 6.54 Å². The molecule has 1 aliphatic heterocycles. The van der Waals surface area contributed by atoms with E-state index in [1.807, 2.05) is 0 Å². The summed E-state index contributed by atoms with van der Waals surface area (Å²) < 4.78 is 0. The second kappa shape index (κ2) is 6.53. The fraction of sp³-hybridized carbons (Fsp3) is 0.647. The van der Waals surface area contributed by atoms with E-state index in [-0.39, 0.29) is 0 Å². The molecule has 1 aliphatic rings. The Morgan fingerprint density at radius 3 is 2.42 bits per heavy atom. The minimum Gasteiger partial charge on any atom is -0.310 e. The Kier molecular flexibility index (Phi) is 5.00. The van der Waals surface area contributed by atoms with Gasteiger partial charge in [0, 0.05) is 31.7 Å². The van der Waals surface area contributed by atoms with Crippen LogP contribution >= 0.6 is 0 Å². The van der Waals surface area contributed by atoms with Gasteiger partial charge in [-0.05, 0) is 23.5 Å². The Hall–Kier alpha value is -0.860. The van der Waals surface area contributed by atoms with Crippen LogP contribution in [0, 0.1) is 0 Å². The zero-order chi connectivity index (χ0) is 13.8. The second-order valence-electron chi connectivity index (χ2n) is 6.44. The molecule has 1 atom stereocenters. The molecule has 1 saturated heterocycles. The summed E-state index contributed by atoms with van der Waals surface area (Å²) in [6.45, 7) is 12.4. The monoisotopic (exact) mass is 260 g/mol. The highest BCUT2D eigenvalue weighted by atomic mass is 15.2. The molecule has 2 nitrogen and oxygen atoms in total. The van der Waals surface area contributed by atoms with Crippen LogP contribution in [0.1, 0.15) is 51.2 Å². The van der Waals surface area contributed by atoms with Crippen LogP contribution in [0.2, 0.25) is 0 Å². The molecule has 19 heavy (non-hydrogen) atoms. The van der Waals surface area contributed by atoms with E-state index in [9.17, 15) is 0 Å². The van der Waals surface area contributed by atoms with Gasteiger partial charge < -0.3 is 5.32 Å². The van der Waals surface area contributed by atoms with Crippen LogP contribution in [-0.2, 0) is 6.54 Å². The molecule has 1 aromatic carbocycles. The predicted octanol–water partition coefficient (Wildman–Crippen LogP) is 3.38. The summed E-state index contributed by atoms with van der Waals surface area (Å²) in [6, 6.07) is 10.4. The van der Waals surface area contributed by atoms with Gasteiger partial charge in [-0.15, -0.1) is 0 Å². The van der Waals surface area contributed by atoms with E-state index in [1.54, 1.807) is 0 Å². The third kappa shape index (κ3) is 4.32. The molecule has 0 saturated carbocycles. The average molecular weight is 260 g/mol. The topological polar surface area (TPSA) is 15.3 Å². The molecule has 0 aliphatic carbocycles. The van der Waals surface area contributed by atoms with Gasteiger partial charge in [0.25, 0.3) is 0 Å². The number of hydrogen-bond acceptors (Lipinski definition) is 2. The highest BCUT2D eigenvalue weighted by molar-refractivity contribution is 5.24.